The van der Waals surface area contributed by atoms with E-state index < -0.39 is 5.97 Å². The number of carboxylic acid groups (broad SMARTS) is 1. The maximum absolute atomic E-state index is 11.9. The summed E-state index contributed by atoms with van der Waals surface area (Å²) in [5, 5.41) is 11.5. The van der Waals surface area contributed by atoms with Gasteiger partial charge < -0.3 is 16.2 Å². The summed E-state index contributed by atoms with van der Waals surface area (Å²) in [6.07, 6.45) is 1.80. The molecule has 5 heteroatoms. The number of hydrogen-bond donors (Lipinski definition) is 3. The lowest BCUT2D eigenvalue weighted by atomic mass is 9.97. The van der Waals surface area contributed by atoms with Gasteiger partial charge >= 0.3 is 5.97 Å². The summed E-state index contributed by atoms with van der Waals surface area (Å²) < 4.78 is 0. The van der Waals surface area contributed by atoms with E-state index in [1.165, 1.54) is 0 Å². The molecule has 116 valence electrons. The van der Waals surface area contributed by atoms with Crippen LogP contribution in [-0.2, 0) is 9.59 Å². The normalized spacial score (nSPS) is 13.4. The van der Waals surface area contributed by atoms with E-state index >= 15 is 0 Å². The van der Waals surface area contributed by atoms with E-state index in [-0.39, 0.29) is 24.3 Å². The number of hydrogen-bond acceptors (Lipinski definition) is 3. The van der Waals surface area contributed by atoms with E-state index in [1.807, 2.05) is 38.1 Å². The van der Waals surface area contributed by atoms with Gasteiger partial charge in [-0.1, -0.05) is 19.1 Å². The van der Waals surface area contributed by atoms with Crippen molar-refractivity contribution in [1.29, 1.82) is 0 Å². The number of carbonyl (C=O) groups excluding carboxylic acids is 1. The van der Waals surface area contributed by atoms with Crippen molar-refractivity contribution in [1.82, 2.24) is 5.32 Å². The fraction of sp³-hybridized carbons (Fsp3) is 0.500. The zero-order valence-corrected chi connectivity index (χ0v) is 12.6. The SMILES string of the molecule is CC(CCCC(=O)O)NC(=O)CC(C)c1ccc(N)cc1. The summed E-state index contributed by atoms with van der Waals surface area (Å²) >= 11 is 0. The quantitative estimate of drug-likeness (QED) is 0.642. The van der Waals surface area contributed by atoms with Gasteiger partial charge in [-0.2, -0.15) is 0 Å². The number of carbonyl (C=O) groups is 2. The molecule has 5 nitrogen and oxygen atoms in total. The van der Waals surface area contributed by atoms with Crippen molar-refractivity contribution in [3.63, 3.8) is 0 Å². The first-order valence-corrected chi connectivity index (χ1v) is 7.25. The largest absolute Gasteiger partial charge is 0.481 e. The van der Waals surface area contributed by atoms with Crippen LogP contribution in [0.5, 0.6) is 0 Å². The molecule has 1 aromatic rings. The molecule has 0 heterocycles. The van der Waals surface area contributed by atoms with Gasteiger partial charge in [0, 0.05) is 24.6 Å². The Bertz CT molecular complexity index is 471. The van der Waals surface area contributed by atoms with E-state index in [0.717, 1.165) is 5.56 Å². The summed E-state index contributed by atoms with van der Waals surface area (Å²) in [5.74, 6) is -0.690. The van der Waals surface area contributed by atoms with Crippen LogP contribution in [0, 0.1) is 0 Å². The third-order valence-corrected chi connectivity index (χ3v) is 3.43. The first kappa shape index (κ1) is 17.0. The lowest BCUT2D eigenvalue weighted by molar-refractivity contribution is -0.137. The second kappa shape index (κ2) is 8.29. The molecule has 1 rings (SSSR count). The van der Waals surface area contributed by atoms with Crippen molar-refractivity contribution in [3.05, 3.63) is 29.8 Å². The van der Waals surface area contributed by atoms with Gasteiger partial charge in [0.1, 0.15) is 0 Å². The van der Waals surface area contributed by atoms with Crippen molar-refractivity contribution < 1.29 is 14.7 Å². The highest BCUT2D eigenvalue weighted by atomic mass is 16.4. The molecule has 0 bridgehead atoms. The standard InChI is InChI=1S/C16H24N2O3/c1-11(13-6-8-14(17)9-7-13)10-15(19)18-12(2)4-3-5-16(20)21/h6-9,11-12H,3-5,10,17H2,1-2H3,(H,18,19)(H,20,21). The number of aliphatic carboxylic acids is 1. The molecule has 1 aromatic carbocycles. The van der Waals surface area contributed by atoms with Crippen molar-refractivity contribution in [2.24, 2.45) is 0 Å². The molecule has 4 N–H and O–H groups in total. The van der Waals surface area contributed by atoms with Crippen molar-refractivity contribution in [2.45, 2.75) is 51.5 Å². The number of nitrogens with two attached hydrogens (primary N) is 1. The number of amides is 1. The van der Waals surface area contributed by atoms with E-state index in [4.69, 9.17) is 10.8 Å². The van der Waals surface area contributed by atoms with Gasteiger partial charge in [-0.05, 0) is 43.4 Å². The summed E-state index contributed by atoms with van der Waals surface area (Å²) in [5.41, 5.74) is 7.43. The van der Waals surface area contributed by atoms with Crippen LogP contribution in [0.1, 0.15) is 51.0 Å². The smallest absolute Gasteiger partial charge is 0.303 e. The van der Waals surface area contributed by atoms with Crippen LogP contribution in [0.2, 0.25) is 0 Å². The Morgan fingerprint density at radius 2 is 1.86 bits per heavy atom. The molecule has 21 heavy (non-hydrogen) atoms. The third kappa shape index (κ3) is 6.79. The lowest BCUT2D eigenvalue weighted by Gasteiger charge is -2.16. The van der Waals surface area contributed by atoms with Crippen molar-refractivity contribution >= 4 is 17.6 Å². The van der Waals surface area contributed by atoms with Gasteiger partial charge in [-0.3, -0.25) is 9.59 Å². The first-order valence-electron chi connectivity index (χ1n) is 7.25. The molecule has 0 aliphatic rings. The van der Waals surface area contributed by atoms with Crippen LogP contribution in [0.4, 0.5) is 5.69 Å². The zero-order valence-electron chi connectivity index (χ0n) is 12.6. The third-order valence-electron chi connectivity index (χ3n) is 3.43. The monoisotopic (exact) mass is 292 g/mol. The van der Waals surface area contributed by atoms with Crippen LogP contribution in [0.3, 0.4) is 0 Å². The van der Waals surface area contributed by atoms with Crippen molar-refractivity contribution in [2.75, 3.05) is 5.73 Å². The molecular weight excluding hydrogens is 268 g/mol. The minimum Gasteiger partial charge on any atom is -0.481 e. The summed E-state index contributed by atoms with van der Waals surface area (Å²) in [6, 6.07) is 7.53. The predicted octanol–water partition coefficient (Wildman–Crippen LogP) is 2.52. The number of benzene rings is 1. The topological polar surface area (TPSA) is 92.4 Å². The Morgan fingerprint density at radius 3 is 2.43 bits per heavy atom. The van der Waals surface area contributed by atoms with Crippen LogP contribution < -0.4 is 11.1 Å². The fourth-order valence-electron chi connectivity index (χ4n) is 2.19. The molecule has 0 saturated carbocycles. The molecule has 0 aromatic heterocycles. The van der Waals surface area contributed by atoms with Gasteiger partial charge in [-0.25, -0.2) is 0 Å². The predicted molar refractivity (Wildman–Crippen MR) is 83.0 cm³/mol. The van der Waals surface area contributed by atoms with Gasteiger partial charge in [-0.15, -0.1) is 0 Å². The van der Waals surface area contributed by atoms with E-state index in [2.05, 4.69) is 5.32 Å². The maximum atomic E-state index is 11.9. The molecule has 1 amide bonds. The van der Waals surface area contributed by atoms with Gasteiger partial charge in [0.05, 0.1) is 0 Å². The van der Waals surface area contributed by atoms with Crippen LogP contribution >= 0.6 is 0 Å². The minimum absolute atomic E-state index is 0.00420. The number of carboxylic acids is 1. The molecule has 0 fully saturated rings. The molecule has 0 aliphatic heterocycles. The summed E-state index contributed by atoms with van der Waals surface area (Å²) in [7, 11) is 0. The van der Waals surface area contributed by atoms with Crippen LogP contribution in [-0.4, -0.2) is 23.0 Å². The minimum atomic E-state index is -0.800. The van der Waals surface area contributed by atoms with E-state index in [1.54, 1.807) is 0 Å². The van der Waals surface area contributed by atoms with Gasteiger partial charge in [0.2, 0.25) is 5.91 Å². The average Bonchev–Trinajstić information content (AvgIpc) is 2.38. The number of nitrogen functional groups attached to an aromatic ring is 1. The second-order valence-electron chi connectivity index (χ2n) is 5.53. The highest BCUT2D eigenvalue weighted by Gasteiger charge is 2.13. The molecule has 2 unspecified atom stereocenters. The second-order valence-corrected chi connectivity index (χ2v) is 5.53. The Labute approximate surface area is 125 Å². The molecule has 2 atom stereocenters. The fourth-order valence-corrected chi connectivity index (χ4v) is 2.19. The van der Waals surface area contributed by atoms with E-state index in [9.17, 15) is 9.59 Å². The van der Waals surface area contributed by atoms with Gasteiger partial charge in [0.25, 0.3) is 0 Å². The average molecular weight is 292 g/mol. The molecule has 0 saturated heterocycles. The number of rotatable bonds is 8. The molecular formula is C16H24N2O3. The number of nitrogens with one attached hydrogen (secondary N) is 1. The Kier molecular flexibility index (Phi) is 6.72. The van der Waals surface area contributed by atoms with Crippen molar-refractivity contribution in [3.8, 4) is 0 Å². The highest BCUT2D eigenvalue weighted by Crippen LogP contribution is 2.20. The number of anilines is 1. The first-order chi connectivity index (χ1) is 9.88. The van der Waals surface area contributed by atoms with Crippen LogP contribution in [0.15, 0.2) is 24.3 Å². The molecule has 0 spiro atoms. The zero-order chi connectivity index (χ0) is 15.8. The lowest BCUT2D eigenvalue weighted by Crippen LogP contribution is -2.33. The molecule has 0 aliphatic carbocycles. The Balaban J connectivity index is 2.35. The van der Waals surface area contributed by atoms with Gasteiger partial charge in [0.15, 0.2) is 0 Å². The highest BCUT2D eigenvalue weighted by molar-refractivity contribution is 5.77. The maximum Gasteiger partial charge on any atom is 0.303 e. The Morgan fingerprint density at radius 1 is 1.24 bits per heavy atom. The van der Waals surface area contributed by atoms with E-state index in [0.29, 0.717) is 24.9 Å². The Hall–Kier alpha value is -2.04. The summed E-state index contributed by atoms with van der Waals surface area (Å²) in [4.78, 5) is 22.4. The van der Waals surface area contributed by atoms with Crippen LogP contribution in [0.25, 0.3) is 0 Å². The molecule has 0 radical (unpaired) electrons. The summed E-state index contributed by atoms with van der Waals surface area (Å²) in [6.45, 7) is 3.90.